The van der Waals surface area contributed by atoms with Crippen LogP contribution in [-0.4, -0.2) is 97.2 Å². The van der Waals surface area contributed by atoms with Gasteiger partial charge in [0.05, 0.1) is 6.04 Å². The van der Waals surface area contributed by atoms with Crippen LogP contribution in [0.15, 0.2) is 30.9 Å². The first-order chi connectivity index (χ1) is 14.1. The van der Waals surface area contributed by atoms with Gasteiger partial charge in [-0.25, -0.2) is 0 Å². The standard InChI is InChI=1S/C22H32N4O3/c1-3-6-23-7-13-26(14-8-23)22(27)18(2)25-11-9-24(10-12-25)16-19-4-5-20-21(15-19)29-17-28-20/h3-5,15,18H,1,6-14,16-17H2,2H3. The number of ether oxygens (including phenoxy) is 2. The number of hydrogen-bond acceptors (Lipinski definition) is 6. The van der Waals surface area contributed by atoms with E-state index in [2.05, 4.69) is 40.3 Å². The molecule has 0 aromatic heterocycles. The Morgan fingerprint density at radius 2 is 1.72 bits per heavy atom. The molecular formula is C22H32N4O3. The van der Waals surface area contributed by atoms with Crippen molar-refractivity contribution < 1.29 is 14.3 Å². The van der Waals surface area contributed by atoms with Crippen LogP contribution in [0.25, 0.3) is 0 Å². The van der Waals surface area contributed by atoms with Crippen LogP contribution in [0.5, 0.6) is 11.5 Å². The first kappa shape index (κ1) is 20.2. The van der Waals surface area contributed by atoms with Gasteiger partial charge in [-0.15, -0.1) is 6.58 Å². The fraction of sp³-hybridized carbons (Fsp3) is 0.591. The van der Waals surface area contributed by atoms with E-state index in [1.54, 1.807) is 0 Å². The predicted octanol–water partition coefficient (Wildman–Crippen LogP) is 1.25. The van der Waals surface area contributed by atoms with Crippen LogP contribution in [0.4, 0.5) is 0 Å². The van der Waals surface area contributed by atoms with Crippen LogP contribution < -0.4 is 9.47 Å². The van der Waals surface area contributed by atoms with Crippen LogP contribution in [0, 0.1) is 0 Å². The maximum atomic E-state index is 12.9. The molecule has 3 aliphatic heterocycles. The Morgan fingerprint density at radius 3 is 2.45 bits per heavy atom. The van der Waals surface area contributed by atoms with Crippen molar-refractivity contribution >= 4 is 5.91 Å². The van der Waals surface area contributed by atoms with Gasteiger partial charge in [0, 0.05) is 65.4 Å². The average molecular weight is 401 g/mol. The first-order valence-corrected chi connectivity index (χ1v) is 10.6. The van der Waals surface area contributed by atoms with Crippen molar-refractivity contribution in [3.63, 3.8) is 0 Å². The third-order valence-electron chi connectivity index (χ3n) is 6.23. The summed E-state index contributed by atoms with van der Waals surface area (Å²) in [5.74, 6) is 1.94. The summed E-state index contributed by atoms with van der Waals surface area (Å²) in [6.45, 7) is 15.3. The third-order valence-corrected chi connectivity index (χ3v) is 6.23. The van der Waals surface area contributed by atoms with Crippen molar-refractivity contribution in [2.45, 2.75) is 19.5 Å². The van der Waals surface area contributed by atoms with Gasteiger partial charge in [0.25, 0.3) is 0 Å². The zero-order valence-electron chi connectivity index (χ0n) is 17.4. The highest BCUT2D eigenvalue weighted by molar-refractivity contribution is 5.81. The van der Waals surface area contributed by atoms with Gasteiger partial charge in [0.2, 0.25) is 12.7 Å². The lowest BCUT2D eigenvalue weighted by Crippen LogP contribution is -2.57. The predicted molar refractivity (Wildman–Crippen MR) is 112 cm³/mol. The van der Waals surface area contributed by atoms with Gasteiger partial charge in [0.15, 0.2) is 11.5 Å². The Bertz CT molecular complexity index is 725. The summed E-state index contributed by atoms with van der Waals surface area (Å²) in [6.07, 6.45) is 1.93. The van der Waals surface area contributed by atoms with Crippen molar-refractivity contribution in [2.24, 2.45) is 0 Å². The van der Waals surface area contributed by atoms with E-state index in [1.807, 2.05) is 17.0 Å². The molecule has 0 aliphatic carbocycles. The van der Waals surface area contributed by atoms with Crippen molar-refractivity contribution in [1.82, 2.24) is 19.6 Å². The molecule has 158 valence electrons. The van der Waals surface area contributed by atoms with E-state index in [-0.39, 0.29) is 11.9 Å². The van der Waals surface area contributed by atoms with E-state index in [9.17, 15) is 4.79 Å². The molecule has 4 rings (SSSR count). The Hall–Kier alpha value is -2.09. The monoisotopic (exact) mass is 400 g/mol. The number of nitrogens with zero attached hydrogens (tertiary/aromatic N) is 4. The Balaban J connectivity index is 1.23. The summed E-state index contributed by atoms with van der Waals surface area (Å²) in [6, 6.07) is 6.13. The van der Waals surface area contributed by atoms with Crippen LogP contribution in [0.1, 0.15) is 12.5 Å². The van der Waals surface area contributed by atoms with E-state index in [0.29, 0.717) is 6.79 Å². The molecule has 1 unspecified atom stereocenters. The molecule has 0 bridgehead atoms. The Labute approximate surface area is 173 Å². The van der Waals surface area contributed by atoms with Crippen molar-refractivity contribution in [3.05, 3.63) is 36.4 Å². The molecule has 0 N–H and O–H groups in total. The summed E-state index contributed by atoms with van der Waals surface area (Å²) in [5, 5.41) is 0. The molecule has 7 heteroatoms. The lowest BCUT2D eigenvalue weighted by Gasteiger charge is -2.41. The molecule has 0 radical (unpaired) electrons. The van der Waals surface area contributed by atoms with E-state index in [1.165, 1.54) is 5.56 Å². The minimum absolute atomic E-state index is 0.0475. The van der Waals surface area contributed by atoms with Crippen molar-refractivity contribution in [2.75, 3.05) is 65.7 Å². The first-order valence-electron chi connectivity index (χ1n) is 10.6. The molecule has 1 aromatic carbocycles. The number of rotatable bonds is 6. The van der Waals surface area contributed by atoms with E-state index in [4.69, 9.17) is 9.47 Å². The number of piperazine rings is 2. The highest BCUT2D eigenvalue weighted by atomic mass is 16.7. The topological polar surface area (TPSA) is 48.5 Å². The number of carbonyl (C=O) groups is 1. The van der Waals surface area contributed by atoms with Crippen molar-refractivity contribution in [3.8, 4) is 11.5 Å². The number of fused-ring (bicyclic) bond motifs is 1. The van der Waals surface area contributed by atoms with Gasteiger partial charge in [-0.3, -0.25) is 19.5 Å². The molecule has 1 amide bonds. The van der Waals surface area contributed by atoms with Crippen LogP contribution in [0.3, 0.4) is 0 Å². The largest absolute Gasteiger partial charge is 0.454 e. The summed E-state index contributed by atoms with van der Waals surface area (Å²) < 4.78 is 10.9. The minimum atomic E-state index is -0.0475. The molecular weight excluding hydrogens is 368 g/mol. The SMILES string of the molecule is C=CCN1CCN(C(=O)C(C)N2CCN(Cc3ccc4c(c3)OCO4)CC2)CC1. The quantitative estimate of drug-likeness (QED) is 0.670. The molecule has 2 fully saturated rings. The molecule has 2 saturated heterocycles. The second-order valence-electron chi connectivity index (χ2n) is 8.09. The number of benzene rings is 1. The summed E-state index contributed by atoms with van der Waals surface area (Å²) in [5.41, 5.74) is 1.24. The van der Waals surface area contributed by atoms with Gasteiger partial charge in [-0.05, 0) is 24.6 Å². The highest BCUT2D eigenvalue weighted by Gasteiger charge is 2.30. The summed E-state index contributed by atoms with van der Waals surface area (Å²) in [4.78, 5) is 22.1. The highest BCUT2D eigenvalue weighted by Crippen LogP contribution is 2.32. The maximum absolute atomic E-state index is 12.9. The third kappa shape index (κ3) is 4.74. The van der Waals surface area contributed by atoms with E-state index < -0.39 is 0 Å². The molecule has 0 saturated carbocycles. The average Bonchev–Trinajstić information content (AvgIpc) is 3.22. The van der Waals surface area contributed by atoms with Crippen LogP contribution in [-0.2, 0) is 11.3 Å². The van der Waals surface area contributed by atoms with Gasteiger partial charge in [-0.2, -0.15) is 0 Å². The molecule has 7 nitrogen and oxygen atoms in total. The Morgan fingerprint density at radius 1 is 1.03 bits per heavy atom. The summed E-state index contributed by atoms with van der Waals surface area (Å²) in [7, 11) is 0. The molecule has 1 atom stereocenters. The molecule has 3 heterocycles. The van der Waals surface area contributed by atoms with Gasteiger partial charge in [0.1, 0.15) is 0 Å². The second kappa shape index (κ2) is 9.15. The smallest absolute Gasteiger partial charge is 0.239 e. The second-order valence-corrected chi connectivity index (χ2v) is 8.09. The van der Waals surface area contributed by atoms with Crippen LogP contribution >= 0.6 is 0 Å². The lowest BCUT2D eigenvalue weighted by molar-refractivity contribution is -0.138. The fourth-order valence-electron chi connectivity index (χ4n) is 4.36. The number of carbonyl (C=O) groups excluding carboxylic acids is 1. The van der Waals surface area contributed by atoms with Gasteiger partial charge >= 0.3 is 0 Å². The van der Waals surface area contributed by atoms with Gasteiger partial charge in [-0.1, -0.05) is 12.1 Å². The molecule has 3 aliphatic rings. The lowest BCUT2D eigenvalue weighted by atomic mass is 10.1. The maximum Gasteiger partial charge on any atom is 0.239 e. The molecule has 0 spiro atoms. The van der Waals surface area contributed by atoms with Crippen molar-refractivity contribution in [1.29, 1.82) is 0 Å². The normalized spacial score (nSPS) is 21.9. The number of amides is 1. The molecule has 1 aromatic rings. The summed E-state index contributed by atoms with van der Waals surface area (Å²) >= 11 is 0. The minimum Gasteiger partial charge on any atom is -0.454 e. The fourth-order valence-corrected chi connectivity index (χ4v) is 4.36. The van der Waals surface area contributed by atoms with Crippen LogP contribution in [0.2, 0.25) is 0 Å². The van der Waals surface area contributed by atoms with E-state index in [0.717, 1.165) is 76.9 Å². The number of hydrogen-bond donors (Lipinski definition) is 0. The van der Waals surface area contributed by atoms with Gasteiger partial charge < -0.3 is 14.4 Å². The zero-order valence-corrected chi connectivity index (χ0v) is 17.4. The van der Waals surface area contributed by atoms with E-state index >= 15 is 0 Å². The molecule has 29 heavy (non-hydrogen) atoms. The zero-order chi connectivity index (χ0) is 20.2. The Kier molecular flexibility index (Phi) is 6.37.